The zero-order valence-corrected chi connectivity index (χ0v) is 29.4. The summed E-state index contributed by atoms with van der Waals surface area (Å²) in [6, 6.07) is 18.4. The Hall–Kier alpha value is -4.83. The molecule has 49 heavy (non-hydrogen) atoms. The number of para-hydroxylation sites is 1. The number of ether oxygens (including phenoxy) is 2. The van der Waals surface area contributed by atoms with Crippen LogP contribution in [0.5, 0.6) is 11.5 Å². The second kappa shape index (κ2) is 14.0. The SMILES string of the molecule is COc1ccc(N2C(=O)N(c3c(C)cccc3C)Cc3cnc(Cc4cc(N5CCCCC5)cc(N5CCN(C)CC5)c4)nc32)c(OC)c1. The molecule has 4 aromatic rings. The van der Waals surface area contributed by atoms with Gasteiger partial charge in [-0.25, -0.2) is 19.7 Å². The average molecular weight is 662 g/mol. The number of hydrogen-bond acceptors (Lipinski definition) is 8. The van der Waals surface area contributed by atoms with Gasteiger partial charge < -0.3 is 24.2 Å². The van der Waals surface area contributed by atoms with Crippen LogP contribution in [0.3, 0.4) is 0 Å². The van der Waals surface area contributed by atoms with Crippen LogP contribution in [0.4, 0.5) is 33.4 Å². The summed E-state index contributed by atoms with van der Waals surface area (Å²) in [5, 5.41) is 0. The number of carbonyl (C=O) groups is 1. The Kier molecular flexibility index (Phi) is 9.31. The van der Waals surface area contributed by atoms with Crippen LogP contribution in [-0.4, -0.2) is 81.4 Å². The number of piperidine rings is 1. The van der Waals surface area contributed by atoms with Gasteiger partial charge in [0.1, 0.15) is 23.1 Å². The molecule has 7 rings (SSSR count). The number of hydrogen-bond donors (Lipinski definition) is 0. The molecule has 0 saturated carbocycles. The Morgan fingerprint density at radius 2 is 1.49 bits per heavy atom. The number of methoxy groups -OCH3 is 2. The van der Waals surface area contributed by atoms with Gasteiger partial charge in [-0.15, -0.1) is 0 Å². The van der Waals surface area contributed by atoms with Crippen LogP contribution in [0.15, 0.2) is 60.8 Å². The molecule has 0 N–H and O–H groups in total. The lowest BCUT2D eigenvalue weighted by atomic mass is 10.0. The maximum Gasteiger partial charge on any atom is 0.335 e. The van der Waals surface area contributed by atoms with Crippen LogP contribution in [0.2, 0.25) is 0 Å². The highest BCUT2D eigenvalue weighted by Gasteiger charge is 2.37. The third-order valence-electron chi connectivity index (χ3n) is 10.1. The largest absolute Gasteiger partial charge is 0.497 e. The third kappa shape index (κ3) is 6.62. The van der Waals surface area contributed by atoms with Gasteiger partial charge in [-0.05, 0) is 87.2 Å². The van der Waals surface area contributed by atoms with Crippen LogP contribution in [0.1, 0.15) is 47.3 Å². The molecule has 256 valence electrons. The van der Waals surface area contributed by atoms with E-state index in [0.717, 1.165) is 61.6 Å². The molecule has 3 aliphatic rings. The molecule has 2 amide bonds. The molecule has 4 heterocycles. The highest BCUT2D eigenvalue weighted by atomic mass is 16.5. The number of rotatable bonds is 8. The Balaban J connectivity index is 1.29. The van der Waals surface area contributed by atoms with E-state index in [0.29, 0.717) is 41.8 Å². The summed E-state index contributed by atoms with van der Waals surface area (Å²) in [5.74, 6) is 2.41. The lowest BCUT2D eigenvalue weighted by Crippen LogP contribution is -2.46. The van der Waals surface area contributed by atoms with E-state index in [9.17, 15) is 4.79 Å². The van der Waals surface area contributed by atoms with Crippen molar-refractivity contribution in [2.24, 2.45) is 0 Å². The van der Waals surface area contributed by atoms with Gasteiger partial charge in [0, 0.05) is 74.9 Å². The van der Waals surface area contributed by atoms with E-state index in [1.165, 1.54) is 36.2 Å². The second-order valence-corrected chi connectivity index (χ2v) is 13.5. The Morgan fingerprint density at radius 1 is 0.796 bits per heavy atom. The number of fused-ring (bicyclic) bond motifs is 1. The Labute approximate surface area is 289 Å². The second-order valence-electron chi connectivity index (χ2n) is 13.5. The number of amides is 2. The Morgan fingerprint density at radius 3 is 2.16 bits per heavy atom. The molecule has 10 heteroatoms. The van der Waals surface area contributed by atoms with Crippen LogP contribution < -0.4 is 29.1 Å². The molecule has 0 atom stereocenters. The number of aryl methyl sites for hydroxylation is 2. The molecule has 1 aromatic heterocycles. The molecule has 0 radical (unpaired) electrons. The highest BCUT2D eigenvalue weighted by Crippen LogP contribution is 2.42. The van der Waals surface area contributed by atoms with Gasteiger partial charge in [0.15, 0.2) is 0 Å². The molecular weight excluding hydrogens is 614 g/mol. The molecule has 0 aliphatic carbocycles. The molecule has 10 nitrogen and oxygen atoms in total. The van der Waals surface area contributed by atoms with Crippen molar-refractivity contribution in [1.29, 1.82) is 0 Å². The van der Waals surface area contributed by atoms with Crippen molar-refractivity contribution < 1.29 is 14.3 Å². The molecular formula is C39H47N7O3. The van der Waals surface area contributed by atoms with Crippen LogP contribution in [-0.2, 0) is 13.0 Å². The topological polar surface area (TPSA) is 77.5 Å². The first-order chi connectivity index (χ1) is 23.8. The van der Waals surface area contributed by atoms with Gasteiger partial charge >= 0.3 is 6.03 Å². The van der Waals surface area contributed by atoms with E-state index < -0.39 is 0 Å². The minimum absolute atomic E-state index is 0.192. The van der Waals surface area contributed by atoms with E-state index in [-0.39, 0.29) is 6.03 Å². The smallest absolute Gasteiger partial charge is 0.335 e. The van der Waals surface area contributed by atoms with E-state index in [1.54, 1.807) is 25.2 Å². The van der Waals surface area contributed by atoms with E-state index >= 15 is 0 Å². The average Bonchev–Trinajstić information content (AvgIpc) is 3.12. The third-order valence-corrected chi connectivity index (χ3v) is 10.1. The number of aromatic nitrogens is 2. The predicted molar refractivity (Wildman–Crippen MR) is 196 cm³/mol. The van der Waals surface area contributed by atoms with Gasteiger partial charge in [-0.2, -0.15) is 0 Å². The molecule has 2 saturated heterocycles. The molecule has 3 aromatic carbocycles. The fourth-order valence-corrected chi connectivity index (χ4v) is 7.39. The lowest BCUT2D eigenvalue weighted by molar-refractivity contribution is 0.252. The number of urea groups is 1. The van der Waals surface area contributed by atoms with Crippen molar-refractivity contribution in [3.63, 3.8) is 0 Å². The maximum absolute atomic E-state index is 14.6. The number of nitrogens with zero attached hydrogens (tertiary/aromatic N) is 7. The number of carbonyl (C=O) groups excluding carboxylic acids is 1. The standard InChI is InChI=1S/C39H47N7O3/c1-27-10-9-11-28(2)37(27)45-26-30-25-40-36(41-38(30)46(39(45)47)34-13-12-33(48-4)24-35(34)49-5)22-29-20-31(43-14-7-6-8-15-43)23-32(21-29)44-18-16-42(3)17-19-44/h9-13,20-21,23-25H,6-8,14-19,22,26H2,1-5H3. The van der Waals surface area contributed by atoms with Crippen molar-refractivity contribution in [3.05, 3.63) is 88.9 Å². The highest BCUT2D eigenvalue weighted by molar-refractivity contribution is 6.11. The fourth-order valence-electron chi connectivity index (χ4n) is 7.39. The number of likely N-dealkylation sites (N-methyl/N-ethyl adjacent to an activating group) is 1. The molecule has 3 aliphatic heterocycles. The summed E-state index contributed by atoms with van der Waals surface area (Å²) in [4.78, 5) is 35.6. The van der Waals surface area contributed by atoms with Gasteiger partial charge in [0.2, 0.25) is 0 Å². The first-order valence-corrected chi connectivity index (χ1v) is 17.4. The Bertz CT molecular complexity index is 1810. The first-order valence-electron chi connectivity index (χ1n) is 17.4. The van der Waals surface area contributed by atoms with Gasteiger partial charge in [-0.3, -0.25) is 4.90 Å². The van der Waals surface area contributed by atoms with Gasteiger partial charge in [0.25, 0.3) is 0 Å². The number of benzene rings is 3. The summed E-state index contributed by atoms with van der Waals surface area (Å²) < 4.78 is 11.3. The van der Waals surface area contributed by atoms with E-state index in [4.69, 9.17) is 19.4 Å². The zero-order valence-electron chi connectivity index (χ0n) is 29.4. The quantitative estimate of drug-likeness (QED) is 0.206. The summed E-state index contributed by atoms with van der Waals surface area (Å²) in [6.07, 6.45) is 6.18. The summed E-state index contributed by atoms with van der Waals surface area (Å²) in [5.41, 5.74) is 8.11. The normalized spacial score (nSPS) is 17.0. The monoisotopic (exact) mass is 661 g/mol. The number of anilines is 5. The first kappa shape index (κ1) is 32.7. The minimum atomic E-state index is -0.192. The minimum Gasteiger partial charge on any atom is -0.497 e. The summed E-state index contributed by atoms with van der Waals surface area (Å²) in [6.45, 7) is 10.7. The van der Waals surface area contributed by atoms with Gasteiger partial charge in [0.05, 0.1) is 32.1 Å². The lowest BCUT2D eigenvalue weighted by Gasteiger charge is -2.38. The fraction of sp³-hybridized carbons (Fsp3) is 0.410. The molecule has 0 bridgehead atoms. The summed E-state index contributed by atoms with van der Waals surface area (Å²) in [7, 11) is 5.42. The van der Waals surface area contributed by atoms with Crippen molar-refractivity contribution in [3.8, 4) is 11.5 Å². The van der Waals surface area contributed by atoms with E-state index in [1.807, 2.05) is 55.3 Å². The predicted octanol–water partition coefficient (Wildman–Crippen LogP) is 6.72. The zero-order chi connectivity index (χ0) is 34.1. The maximum atomic E-state index is 14.6. The number of piperazine rings is 1. The molecule has 2 fully saturated rings. The van der Waals surface area contributed by atoms with Crippen molar-refractivity contribution in [2.45, 2.75) is 46.1 Å². The van der Waals surface area contributed by atoms with Gasteiger partial charge in [-0.1, -0.05) is 18.2 Å². The molecule has 0 spiro atoms. The van der Waals surface area contributed by atoms with Crippen molar-refractivity contribution >= 4 is 34.6 Å². The van der Waals surface area contributed by atoms with Crippen LogP contribution in [0, 0.1) is 13.8 Å². The summed E-state index contributed by atoms with van der Waals surface area (Å²) >= 11 is 0. The van der Waals surface area contributed by atoms with Crippen LogP contribution in [0.25, 0.3) is 0 Å². The van der Waals surface area contributed by atoms with Crippen LogP contribution >= 0.6 is 0 Å². The van der Waals surface area contributed by atoms with E-state index in [2.05, 4.69) is 39.9 Å². The van der Waals surface area contributed by atoms with Crippen molar-refractivity contribution in [1.82, 2.24) is 14.9 Å². The molecule has 0 unspecified atom stereocenters. The van der Waals surface area contributed by atoms with Crippen molar-refractivity contribution in [2.75, 3.05) is 80.1 Å².